The monoisotopic (exact) mass is 617 g/mol. The van der Waals surface area contributed by atoms with Crippen LogP contribution in [0.5, 0.6) is 0 Å². The maximum atomic E-state index is 13.6. The van der Waals surface area contributed by atoms with Crippen molar-refractivity contribution < 1.29 is 14.4 Å². The van der Waals surface area contributed by atoms with Crippen molar-refractivity contribution >= 4 is 29.2 Å². The van der Waals surface area contributed by atoms with E-state index >= 15 is 0 Å². The van der Waals surface area contributed by atoms with Crippen molar-refractivity contribution in [3.63, 3.8) is 0 Å². The number of rotatable bonds is 11. The van der Waals surface area contributed by atoms with Crippen molar-refractivity contribution in [2.75, 3.05) is 23.3 Å². The first-order valence-electron chi connectivity index (χ1n) is 16.9. The Labute approximate surface area is 267 Å². The Bertz CT molecular complexity index is 1360. The van der Waals surface area contributed by atoms with E-state index < -0.39 is 5.91 Å². The molecule has 3 saturated heterocycles. The molecule has 3 aliphatic heterocycles. The number of carbonyl (C=O) groups is 3. The molecule has 2 aromatic rings. The molecule has 10 heteroatoms. The average molecular weight is 618 g/mol. The highest BCUT2D eigenvalue weighted by Crippen LogP contribution is 2.39. The van der Waals surface area contributed by atoms with Crippen molar-refractivity contribution in [1.82, 2.24) is 20.5 Å². The number of pyridine rings is 1. The van der Waals surface area contributed by atoms with Crippen LogP contribution in [0.4, 0.5) is 11.5 Å². The second-order valence-electron chi connectivity index (χ2n) is 13.5. The molecule has 45 heavy (non-hydrogen) atoms. The van der Waals surface area contributed by atoms with Crippen LogP contribution in [0.2, 0.25) is 0 Å². The van der Waals surface area contributed by atoms with Crippen molar-refractivity contribution in [1.29, 1.82) is 0 Å². The van der Waals surface area contributed by atoms with E-state index in [0.717, 1.165) is 75.8 Å². The number of nitrogens with zero attached hydrogens (tertiary/aromatic N) is 3. The fraction of sp³-hybridized carbons (Fsp3) is 0.600. The zero-order valence-corrected chi connectivity index (χ0v) is 27.6. The van der Waals surface area contributed by atoms with Gasteiger partial charge in [0.1, 0.15) is 5.82 Å². The lowest BCUT2D eigenvalue weighted by atomic mass is 9.95. The van der Waals surface area contributed by atoms with E-state index in [2.05, 4.69) is 53.4 Å². The smallest absolute Gasteiger partial charge is 0.253 e. The van der Waals surface area contributed by atoms with Gasteiger partial charge in [0, 0.05) is 60.2 Å². The molecule has 3 aliphatic rings. The zero-order valence-electron chi connectivity index (χ0n) is 27.6. The number of aryl methyl sites for hydroxylation is 1. The number of nitrogens with one attached hydrogen (secondary N) is 3. The Morgan fingerprint density at radius 3 is 2.24 bits per heavy atom. The van der Waals surface area contributed by atoms with Crippen molar-refractivity contribution in [3.8, 4) is 0 Å². The van der Waals surface area contributed by atoms with Gasteiger partial charge in [-0.3, -0.25) is 19.3 Å². The predicted molar refractivity (Wildman–Crippen MR) is 179 cm³/mol. The quantitative estimate of drug-likeness (QED) is 0.289. The van der Waals surface area contributed by atoms with Gasteiger partial charge in [0.25, 0.3) is 17.7 Å². The first kappa shape index (κ1) is 32.7. The minimum absolute atomic E-state index is 0.0443. The van der Waals surface area contributed by atoms with Crippen LogP contribution in [-0.4, -0.2) is 76.9 Å². The Morgan fingerprint density at radius 2 is 1.64 bits per heavy atom. The van der Waals surface area contributed by atoms with Crippen molar-refractivity contribution in [3.05, 3.63) is 52.7 Å². The van der Waals surface area contributed by atoms with Gasteiger partial charge in [0.15, 0.2) is 0 Å². The van der Waals surface area contributed by atoms with Gasteiger partial charge in [-0.25, -0.2) is 4.98 Å². The van der Waals surface area contributed by atoms with Gasteiger partial charge in [0.2, 0.25) is 0 Å². The highest BCUT2D eigenvalue weighted by molar-refractivity contribution is 6.03. The third kappa shape index (κ3) is 7.43. The molecule has 4 heterocycles. The number of hydrogen-bond donors (Lipinski definition) is 4. The molecular weight excluding hydrogens is 566 g/mol. The second kappa shape index (κ2) is 14.2. The predicted octanol–water partition coefficient (Wildman–Crippen LogP) is 4.62. The van der Waals surface area contributed by atoms with Gasteiger partial charge in [0.05, 0.1) is 11.1 Å². The number of primary amides is 1. The molecular formula is C35H51N7O3. The summed E-state index contributed by atoms with van der Waals surface area (Å²) in [6.45, 7) is 12.4. The molecule has 4 atom stereocenters. The van der Waals surface area contributed by atoms with Crippen LogP contribution in [0, 0.1) is 6.92 Å². The lowest BCUT2D eigenvalue weighted by Crippen LogP contribution is -2.51. The summed E-state index contributed by atoms with van der Waals surface area (Å²) in [5.41, 5.74) is 8.58. The summed E-state index contributed by atoms with van der Waals surface area (Å²) >= 11 is 0. The molecule has 5 N–H and O–H groups in total. The third-order valence-electron chi connectivity index (χ3n) is 10.1. The molecule has 5 rings (SSSR count). The second-order valence-corrected chi connectivity index (χ2v) is 13.5. The number of amides is 3. The summed E-state index contributed by atoms with van der Waals surface area (Å²) in [5.74, 6) is 0.192. The minimum Gasteiger partial charge on any atom is -0.382 e. The van der Waals surface area contributed by atoms with Crippen LogP contribution in [0.1, 0.15) is 116 Å². The third-order valence-corrected chi connectivity index (χ3v) is 10.1. The largest absolute Gasteiger partial charge is 0.382 e. The van der Waals surface area contributed by atoms with Gasteiger partial charge < -0.3 is 26.6 Å². The molecule has 1 aromatic heterocycles. The number of likely N-dealkylation sites (tertiary alicyclic amines) is 1. The van der Waals surface area contributed by atoms with E-state index in [1.54, 1.807) is 18.3 Å². The number of aromatic nitrogens is 1. The van der Waals surface area contributed by atoms with Gasteiger partial charge >= 0.3 is 0 Å². The van der Waals surface area contributed by atoms with Crippen molar-refractivity contribution in [2.24, 2.45) is 5.73 Å². The summed E-state index contributed by atoms with van der Waals surface area (Å²) in [6, 6.07) is 8.78. The molecule has 0 radical (unpaired) electrons. The molecule has 1 aromatic carbocycles. The number of anilines is 2. The number of hydrogen-bond acceptors (Lipinski definition) is 7. The number of piperidine rings is 2. The number of fused-ring (bicyclic) bond motifs is 2. The molecule has 1 unspecified atom stereocenters. The average Bonchev–Trinajstić information content (AvgIpc) is 3.29. The first-order chi connectivity index (χ1) is 21.6. The van der Waals surface area contributed by atoms with Crippen LogP contribution in [0.3, 0.4) is 0 Å². The van der Waals surface area contributed by atoms with Gasteiger partial charge in [-0.2, -0.15) is 0 Å². The summed E-state index contributed by atoms with van der Waals surface area (Å²) in [7, 11) is 0. The Balaban J connectivity index is 1.21. The van der Waals surface area contributed by atoms with E-state index in [1.807, 2.05) is 19.1 Å². The standard InChI is InChI=1S/C35H51N7O3/c1-6-24(7-2)38-31-18-29(22(5)15-30(31)33(36)43)35(45)40-26-16-27-11-12-28(17-26)42(27)32-13-10-23(19-37-32)34(44)39-25-9-8-14-41(20-25)21(3)4/h10,13,15,18-19,21,24-28,38H,6-9,11-12,14,16-17,20H2,1-5H3,(H2,36,43)(H,39,44)(H,40,45)/t25-,26?,27-,28+/m1/s1. The van der Waals surface area contributed by atoms with Gasteiger partial charge in [-0.15, -0.1) is 0 Å². The highest BCUT2D eigenvalue weighted by atomic mass is 16.2. The summed E-state index contributed by atoms with van der Waals surface area (Å²) < 4.78 is 0. The van der Waals surface area contributed by atoms with E-state index in [4.69, 9.17) is 10.7 Å². The fourth-order valence-electron chi connectivity index (χ4n) is 7.46. The molecule has 10 nitrogen and oxygen atoms in total. The zero-order chi connectivity index (χ0) is 32.2. The topological polar surface area (TPSA) is 133 Å². The summed E-state index contributed by atoms with van der Waals surface area (Å²) in [4.78, 5) is 48.3. The summed E-state index contributed by atoms with van der Waals surface area (Å²) in [5, 5.41) is 9.93. The number of benzene rings is 1. The lowest BCUT2D eigenvalue weighted by Gasteiger charge is -2.40. The highest BCUT2D eigenvalue weighted by Gasteiger charge is 2.42. The van der Waals surface area contributed by atoms with Crippen LogP contribution < -0.4 is 26.6 Å². The maximum absolute atomic E-state index is 13.6. The Morgan fingerprint density at radius 1 is 0.956 bits per heavy atom. The molecule has 244 valence electrons. The molecule has 0 spiro atoms. The van der Waals surface area contributed by atoms with E-state index in [1.165, 1.54) is 0 Å². The summed E-state index contributed by atoms with van der Waals surface area (Å²) in [6.07, 6.45) is 9.35. The number of carbonyl (C=O) groups excluding carboxylic acids is 3. The normalized spacial score (nSPS) is 23.3. The van der Waals surface area contributed by atoms with Crippen LogP contribution in [-0.2, 0) is 0 Å². The Hall–Kier alpha value is -3.66. The molecule has 2 bridgehead atoms. The van der Waals surface area contributed by atoms with Crippen LogP contribution in [0.15, 0.2) is 30.5 Å². The lowest BCUT2D eigenvalue weighted by molar-refractivity contribution is 0.0884. The van der Waals surface area contributed by atoms with Gasteiger partial charge in [-0.1, -0.05) is 13.8 Å². The SMILES string of the molecule is CCC(CC)Nc1cc(C(=O)NC2C[C@H]3CC[C@@H](C2)N3c2ccc(C(=O)N[C@@H]3CCCN(C(C)C)C3)cn2)c(C)cc1C(N)=O. The minimum atomic E-state index is -0.507. The molecule has 0 saturated carbocycles. The maximum Gasteiger partial charge on any atom is 0.253 e. The Kier molecular flexibility index (Phi) is 10.3. The molecule has 3 amide bonds. The van der Waals surface area contributed by atoms with Gasteiger partial charge in [-0.05, 0) is 109 Å². The van der Waals surface area contributed by atoms with E-state index in [0.29, 0.717) is 28.4 Å². The van der Waals surface area contributed by atoms with E-state index in [9.17, 15) is 14.4 Å². The molecule has 0 aliphatic carbocycles. The molecule has 3 fully saturated rings. The van der Waals surface area contributed by atoms with Crippen LogP contribution in [0.25, 0.3) is 0 Å². The fourth-order valence-corrected chi connectivity index (χ4v) is 7.46. The number of nitrogens with two attached hydrogens (primary N) is 1. The van der Waals surface area contributed by atoms with E-state index in [-0.39, 0.29) is 42.0 Å². The first-order valence-corrected chi connectivity index (χ1v) is 16.9. The van der Waals surface area contributed by atoms with Crippen LogP contribution >= 0.6 is 0 Å². The van der Waals surface area contributed by atoms with Crippen molar-refractivity contribution in [2.45, 2.75) is 122 Å².